The van der Waals surface area contributed by atoms with E-state index in [-0.39, 0.29) is 17.5 Å². The van der Waals surface area contributed by atoms with Crippen LogP contribution in [0.3, 0.4) is 0 Å². The number of halogens is 1. The molecule has 0 fully saturated rings. The van der Waals surface area contributed by atoms with Gasteiger partial charge in [0.05, 0.1) is 16.9 Å². The van der Waals surface area contributed by atoms with E-state index in [0.717, 1.165) is 19.4 Å². The van der Waals surface area contributed by atoms with Gasteiger partial charge in [0.25, 0.3) is 5.56 Å². The van der Waals surface area contributed by atoms with Crippen LogP contribution in [0.1, 0.15) is 64.2 Å². The van der Waals surface area contributed by atoms with Crippen molar-refractivity contribution in [2.45, 2.75) is 58.4 Å². The minimum Gasteiger partial charge on any atom is -0.332 e. The highest BCUT2D eigenvalue weighted by Gasteiger charge is 2.25. The Kier molecular flexibility index (Phi) is 9.31. The van der Waals surface area contributed by atoms with Crippen molar-refractivity contribution in [2.75, 3.05) is 27.2 Å². The van der Waals surface area contributed by atoms with Gasteiger partial charge in [-0.25, -0.2) is 4.98 Å². The van der Waals surface area contributed by atoms with Gasteiger partial charge in [-0.3, -0.25) is 14.2 Å². The third-order valence-corrected chi connectivity index (χ3v) is 5.75. The lowest BCUT2D eigenvalue weighted by molar-refractivity contribution is -0.133. The van der Waals surface area contributed by atoms with E-state index in [4.69, 9.17) is 16.6 Å². The standard InChI is InChI=1S/C23H35ClN4O2/c1-6-7-8-9-10-11-21(29)28(15-14-26(3)4)17(2)22-25-20-13-12-18(24)16-19(20)23(30)27(22)5/h12-13,16-17H,6-11,14-15H2,1-5H3. The van der Waals surface area contributed by atoms with E-state index in [2.05, 4.69) is 11.8 Å². The van der Waals surface area contributed by atoms with Crippen LogP contribution >= 0.6 is 11.6 Å². The number of unbranched alkanes of at least 4 members (excludes halogenated alkanes) is 4. The molecule has 0 saturated carbocycles. The van der Waals surface area contributed by atoms with Gasteiger partial charge in [-0.1, -0.05) is 44.2 Å². The molecule has 1 unspecified atom stereocenters. The van der Waals surface area contributed by atoms with Gasteiger partial charge in [0.1, 0.15) is 5.82 Å². The van der Waals surface area contributed by atoms with Crippen LogP contribution in [0.2, 0.25) is 5.02 Å². The zero-order valence-electron chi connectivity index (χ0n) is 18.9. The van der Waals surface area contributed by atoms with Crippen molar-refractivity contribution in [3.8, 4) is 0 Å². The summed E-state index contributed by atoms with van der Waals surface area (Å²) in [6.45, 7) is 5.48. The Morgan fingerprint density at radius 3 is 2.53 bits per heavy atom. The molecule has 7 heteroatoms. The van der Waals surface area contributed by atoms with Gasteiger partial charge in [0.2, 0.25) is 5.91 Å². The predicted octanol–water partition coefficient (Wildman–Crippen LogP) is 4.40. The van der Waals surface area contributed by atoms with Gasteiger partial charge in [-0.15, -0.1) is 0 Å². The van der Waals surface area contributed by atoms with Crippen LogP contribution in [-0.2, 0) is 11.8 Å². The highest BCUT2D eigenvalue weighted by atomic mass is 35.5. The van der Waals surface area contributed by atoms with Gasteiger partial charge in [-0.2, -0.15) is 0 Å². The van der Waals surface area contributed by atoms with Crippen molar-refractivity contribution in [1.82, 2.24) is 19.4 Å². The lowest BCUT2D eigenvalue weighted by Gasteiger charge is -2.31. The summed E-state index contributed by atoms with van der Waals surface area (Å²) < 4.78 is 1.54. The number of aromatic nitrogens is 2. The Bertz CT molecular complexity index is 910. The fourth-order valence-electron chi connectivity index (χ4n) is 3.64. The zero-order chi connectivity index (χ0) is 22.3. The monoisotopic (exact) mass is 434 g/mol. The maximum Gasteiger partial charge on any atom is 0.261 e. The van der Waals surface area contributed by atoms with Crippen LogP contribution in [0.5, 0.6) is 0 Å². The number of amides is 1. The molecule has 1 aromatic heterocycles. The van der Waals surface area contributed by atoms with Crippen LogP contribution in [0.4, 0.5) is 0 Å². The Hall–Kier alpha value is -1.92. The molecule has 1 atom stereocenters. The lowest BCUT2D eigenvalue weighted by Crippen LogP contribution is -2.40. The summed E-state index contributed by atoms with van der Waals surface area (Å²) in [7, 11) is 5.69. The molecule has 0 N–H and O–H groups in total. The maximum atomic E-state index is 13.1. The third kappa shape index (κ3) is 6.29. The van der Waals surface area contributed by atoms with Crippen molar-refractivity contribution in [1.29, 1.82) is 0 Å². The van der Waals surface area contributed by atoms with Gasteiger partial charge in [0, 0.05) is 31.6 Å². The van der Waals surface area contributed by atoms with Crippen LogP contribution in [0.15, 0.2) is 23.0 Å². The molecule has 6 nitrogen and oxygen atoms in total. The minimum atomic E-state index is -0.300. The minimum absolute atomic E-state index is 0.117. The molecule has 2 rings (SSSR count). The average molecular weight is 435 g/mol. The van der Waals surface area contributed by atoms with E-state index in [0.29, 0.717) is 34.7 Å². The van der Waals surface area contributed by atoms with Crippen LogP contribution in [0, 0.1) is 0 Å². The highest BCUT2D eigenvalue weighted by Crippen LogP contribution is 2.22. The molecule has 2 aromatic rings. The summed E-state index contributed by atoms with van der Waals surface area (Å²) in [5, 5.41) is 0.996. The maximum absolute atomic E-state index is 13.1. The topological polar surface area (TPSA) is 58.4 Å². The number of likely N-dealkylation sites (N-methyl/N-ethyl adjacent to an activating group) is 1. The fourth-order valence-corrected chi connectivity index (χ4v) is 3.81. The van der Waals surface area contributed by atoms with Crippen LogP contribution < -0.4 is 5.56 Å². The number of benzene rings is 1. The number of carbonyl (C=O) groups is 1. The molecule has 1 amide bonds. The normalized spacial score (nSPS) is 12.5. The van der Waals surface area contributed by atoms with Gasteiger partial charge in [0.15, 0.2) is 0 Å². The van der Waals surface area contributed by atoms with Crippen LogP contribution in [0.25, 0.3) is 10.9 Å². The second kappa shape index (κ2) is 11.5. The second-order valence-corrected chi connectivity index (χ2v) is 8.66. The fraction of sp³-hybridized carbons (Fsp3) is 0.609. The van der Waals surface area contributed by atoms with E-state index >= 15 is 0 Å². The zero-order valence-corrected chi connectivity index (χ0v) is 19.7. The number of carbonyl (C=O) groups excluding carboxylic acids is 1. The molecule has 1 heterocycles. The van der Waals surface area contributed by atoms with Crippen molar-refractivity contribution < 1.29 is 4.79 Å². The first-order valence-corrected chi connectivity index (χ1v) is 11.2. The summed E-state index contributed by atoms with van der Waals surface area (Å²) in [4.78, 5) is 34.6. The first-order chi connectivity index (χ1) is 14.3. The first-order valence-electron chi connectivity index (χ1n) is 10.9. The molecular weight excluding hydrogens is 400 g/mol. The molecule has 30 heavy (non-hydrogen) atoms. The third-order valence-electron chi connectivity index (χ3n) is 5.52. The average Bonchev–Trinajstić information content (AvgIpc) is 2.70. The summed E-state index contributed by atoms with van der Waals surface area (Å²) in [6.07, 6.45) is 6.06. The van der Waals surface area contributed by atoms with E-state index in [1.807, 2.05) is 25.9 Å². The summed E-state index contributed by atoms with van der Waals surface area (Å²) in [5.74, 6) is 0.708. The lowest BCUT2D eigenvalue weighted by atomic mass is 10.1. The van der Waals surface area contributed by atoms with E-state index in [9.17, 15) is 9.59 Å². The SMILES string of the molecule is CCCCCCCC(=O)N(CCN(C)C)C(C)c1nc2ccc(Cl)cc2c(=O)n1C. The summed E-state index contributed by atoms with van der Waals surface area (Å²) in [6, 6.07) is 4.84. The molecule has 0 spiro atoms. The molecule has 166 valence electrons. The Morgan fingerprint density at radius 1 is 1.17 bits per heavy atom. The Balaban J connectivity index is 2.29. The highest BCUT2D eigenvalue weighted by molar-refractivity contribution is 6.31. The van der Waals surface area contributed by atoms with Gasteiger partial charge < -0.3 is 9.80 Å². The number of nitrogens with zero attached hydrogens (tertiary/aromatic N) is 4. The molecular formula is C23H35ClN4O2. The van der Waals surface area contributed by atoms with E-state index < -0.39 is 0 Å². The number of hydrogen-bond donors (Lipinski definition) is 0. The van der Waals surface area contributed by atoms with Crippen molar-refractivity contribution in [2.24, 2.45) is 7.05 Å². The van der Waals surface area contributed by atoms with Crippen molar-refractivity contribution >= 4 is 28.4 Å². The molecule has 0 radical (unpaired) electrons. The number of hydrogen-bond acceptors (Lipinski definition) is 4. The quantitative estimate of drug-likeness (QED) is 0.492. The molecule has 0 saturated heterocycles. The van der Waals surface area contributed by atoms with E-state index in [1.54, 1.807) is 29.8 Å². The molecule has 0 bridgehead atoms. The van der Waals surface area contributed by atoms with Crippen molar-refractivity contribution in [3.63, 3.8) is 0 Å². The Labute approximate surface area is 184 Å². The summed E-state index contributed by atoms with van der Waals surface area (Å²) >= 11 is 6.05. The molecule has 0 aliphatic rings. The number of rotatable bonds is 11. The Morgan fingerprint density at radius 2 is 1.87 bits per heavy atom. The first kappa shape index (κ1) is 24.4. The predicted molar refractivity (Wildman–Crippen MR) is 124 cm³/mol. The van der Waals surface area contributed by atoms with Crippen molar-refractivity contribution in [3.05, 3.63) is 39.4 Å². The largest absolute Gasteiger partial charge is 0.332 e. The smallest absolute Gasteiger partial charge is 0.261 e. The van der Waals surface area contributed by atoms with E-state index in [1.165, 1.54) is 19.3 Å². The van der Waals surface area contributed by atoms with Gasteiger partial charge >= 0.3 is 0 Å². The summed E-state index contributed by atoms with van der Waals surface area (Å²) in [5.41, 5.74) is 0.452. The second-order valence-electron chi connectivity index (χ2n) is 8.23. The molecule has 1 aromatic carbocycles. The number of fused-ring (bicyclic) bond motifs is 1. The molecule has 0 aliphatic carbocycles. The molecule has 0 aliphatic heterocycles. The van der Waals surface area contributed by atoms with Crippen LogP contribution in [-0.4, -0.2) is 52.4 Å². The van der Waals surface area contributed by atoms with Gasteiger partial charge in [-0.05, 0) is 45.6 Å².